The third kappa shape index (κ3) is 3.10. The van der Waals surface area contributed by atoms with Crippen molar-refractivity contribution in [3.05, 3.63) is 22.2 Å². The molecule has 1 heterocycles. The molecular weight excluding hydrogens is 328 g/mol. The van der Waals surface area contributed by atoms with E-state index in [2.05, 4.69) is 36.9 Å². The molecule has 0 radical (unpaired) electrons. The van der Waals surface area contributed by atoms with Crippen LogP contribution in [0.4, 0.5) is 5.95 Å². The highest BCUT2D eigenvalue weighted by molar-refractivity contribution is 9.10. The molecule has 2 aromatic rings. The van der Waals surface area contributed by atoms with Crippen LogP contribution in [-0.4, -0.2) is 34.0 Å². The van der Waals surface area contributed by atoms with Crippen LogP contribution in [0.3, 0.4) is 0 Å². The molecule has 0 atom stereocenters. The number of ether oxygens (including phenoxy) is 2. The third-order valence-corrected chi connectivity index (χ3v) is 3.28. The smallest absolute Gasteiger partial charge is 0.260 e. The summed E-state index contributed by atoms with van der Waals surface area (Å²) in [4.78, 5) is 1.30. The second kappa shape index (κ2) is 6.42. The van der Waals surface area contributed by atoms with Crippen molar-refractivity contribution in [2.75, 3.05) is 24.9 Å². The summed E-state index contributed by atoms with van der Waals surface area (Å²) in [6.07, 6.45) is 0. The lowest BCUT2D eigenvalue weighted by Gasteiger charge is -2.13. The molecule has 0 saturated carbocycles. The molecule has 0 aliphatic rings. The van der Waals surface area contributed by atoms with Crippen molar-refractivity contribution < 1.29 is 9.47 Å². The van der Waals surface area contributed by atoms with Gasteiger partial charge in [-0.25, -0.2) is 0 Å². The number of anilines is 1. The van der Waals surface area contributed by atoms with E-state index in [9.17, 15) is 0 Å². The summed E-state index contributed by atoms with van der Waals surface area (Å²) < 4.78 is 11.7. The monoisotopic (exact) mass is 342 g/mol. The highest BCUT2D eigenvalue weighted by Gasteiger charge is 2.10. The Kier molecular flexibility index (Phi) is 4.61. The SMILES string of the molecule is CCOc1cc(Br)c(CNn2nnnc2N)cc1OC. The predicted molar refractivity (Wildman–Crippen MR) is 77.2 cm³/mol. The first-order chi connectivity index (χ1) is 9.65. The van der Waals surface area contributed by atoms with E-state index in [1.807, 2.05) is 19.1 Å². The maximum absolute atomic E-state index is 5.57. The Balaban J connectivity index is 2.17. The Morgan fingerprint density at radius 2 is 2.20 bits per heavy atom. The Morgan fingerprint density at radius 3 is 2.80 bits per heavy atom. The van der Waals surface area contributed by atoms with E-state index in [4.69, 9.17) is 15.2 Å². The van der Waals surface area contributed by atoms with Gasteiger partial charge in [0.05, 0.1) is 20.3 Å². The Morgan fingerprint density at radius 1 is 1.40 bits per heavy atom. The van der Waals surface area contributed by atoms with Gasteiger partial charge in [0.1, 0.15) is 0 Å². The van der Waals surface area contributed by atoms with Crippen molar-refractivity contribution in [2.45, 2.75) is 13.5 Å². The van der Waals surface area contributed by atoms with E-state index in [1.54, 1.807) is 7.11 Å². The first-order valence-corrected chi connectivity index (χ1v) is 6.72. The number of nitrogens with zero attached hydrogens (tertiary/aromatic N) is 4. The molecule has 0 spiro atoms. The fourth-order valence-electron chi connectivity index (χ4n) is 1.61. The van der Waals surface area contributed by atoms with Gasteiger partial charge < -0.3 is 20.6 Å². The number of rotatable bonds is 6. The van der Waals surface area contributed by atoms with E-state index in [0.717, 1.165) is 10.0 Å². The number of hydrogen-bond acceptors (Lipinski definition) is 7. The van der Waals surface area contributed by atoms with Crippen molar-refractivity contribution >= 4 is 21.9 Å². The van der Waals surface area contributed by atoms with Crippen LogP contribution in [0.2, 0.25) is 0 Å². The number of hydrogen-bond donors (Lipinski definition) is 2. The van der Waals surface area contributed by atoms with Gasteiger partial charge in [-0.15, -0.1) is 4.79 Å². The summed E-state index contributed by atoms with van der Waals surface area (Å²) in [5, 5.41) is 10.7. The van der Waals surface area contributed by atoms with Crippen molar-refractivity contribution in [1.82, 2.24) is 20.3 Å². The van der Waals surface area contributed by atoms with Crippen molar-refractivity contribution in [3.8, 4) is 11.5 Å². The standard InChI is InChI=1S/C11H15BrN6O2/c1-3-20-10-5-8(12)7(4-9(10)19-2)6-14-18-11(13)15-16-17-18/h4-5,14H,3,6H2,1-2H3,(H2,13,15,17). The molecule has 0 fully saturated rings. The summed E-state index contributed by atoms with van der Waals surface area (Å²) in [7, 11) is 1.60. The molecule has 0 aliphatic carbocycles. The highest BCUT2D eigenvalue weighted by atomic mass is 79.9. The molecule has 0 unspecified atom stereocenters. The van der Waals surface area contributed by atoms with Gasteiger partial charge in [0, 0.05) is 4.47 Å². The molecule has 20 heavy (non-hydrogen) atoms. The number of nitrogen functional groups attached to an aromatic ring is 1. The molecule has 0 amide bonds. The Hall–Kier alpha value is -2.03. The first-order valence-electron chi connectivity index (χ1n) is 5.92. The molecule has 0 bridgehead atoms. The summed E-state index contributed by atoms with van der Waals surface area (Å²) in [6, 6.07) is 3.74. The second-order valence-corrected chi connectivity index (χ2v) is 4.67. The van der Waals surface area contributed by atoms with Gasteiger partial charge in [0.25, 0.3) is 5.95 Å². The topological polar surface area (TPSA) is 100 Å². The number of tetrazole rings is 1. The maximum Gasteiger partial charge on any atom is 0.260 e. The first kappa shape index (κ1) is 14.4. The molecule has 108 valence electrons. The summed E-state index contributed by atoms with van der Waals surface area (Å²) in [6.45, 7) is 2.96. The highest BCUT2D eigenvalue weighted by Crippen LogP contribution is 2.33. The minimum Gasteiger partial charge on any atom is -0.493 e. The maximum atomic E-state index is 5.57. The second-order valence-electron chi connectivity index (χ2n) is 3.81. The minimum atomic E-state index is 0.194. The minimum absolute atomic E-state index is 0.194. The third-order valence-electron chi connectivity index (χ3n) is 2.55. The van der Waals surface area contributed by atoms with E-state index in [1.165, 1.54) is 4.79 Å². The average molecular weight is 343 g/mol. The van der Waals surface area contributed by atoms with E-state index in [-0.39, 0.29) is 5.95 Å². The van der Waals surface area contributed by atoms with Crippen molar-refractivity contribution in [1.29, 1.82) is 0 Å². The lowest BCUT2D eigenvalue weighted by molar-refractivity contribution is 0.310. The quantitative estimate of drug-likeness (QED) is 0.812. The van der Waals surface area contributed by atoms with E-state index < -0.39 is 0 Å². The van der Waals surface area contributed by atoms with Crippen LogP contribution < -0.4 is 20.6 Å². The van der Waals surface area contributed by atoms with Gasteiger partial charge in [-0.05, 0) is 35.0 Å². The van der Waals surface area contributed by atoms with Crippen LogP contribution in [-0.2, 0) is 6.54 Å². The fraction of sp³-hybridized carbons (Fsp3) is 0.364. The normalized spacial score (nSPS) is 10.3. The molecule has 9 heteroatoms. The average Bonchev–Trinajstić information content (AvgIpc) is 2.84. The number of benzene rings is 1. The zero-order chi connectivity index (χ0) is 14.5. The zero-order valence-corrected chi connectivity index (χ0v) is 12.7. The van der Waals surface area contributed by atoms with Gasteiger partial charge in [-0.3, -0.25) is 0 Å². The number of aromatic nitrogens is 4. The van der Waals surface area contributed by atoms with Crippen LogP contribution in [0.15, 0.2) is 16.6 Å². The predicted octanol–water partition coefficient (Wildman–Crippen LogP) is 1.17. The summed E-state index contributed by atoms with van der Waals surface area (Å²) in [5.74, 6) is 1.54. The number of nitrogens with one attached hydrogen (secondary N) is 1. The van der Waals surface area contributed by atoms with Gasteiger partial charge in [0.15, 0.2) is 11.5 Å². The van der Waals surface area contributed by atoms with Gasteiger partial charge in [0.2, 0.25) is 0 Å². The molecule has 1 aromatic heterocycles. The van der Waals surface area contributed by atoms with Crippen LogP contribution in [0.1, 0.15) is 12.5 Å². The molecule has 0 aliphatic heterocycles. The summed E-state index contributed by atoms with van der Waals surface area (Å²) in [5.41, 5.74) is 9.51. The van der Waals surface area contributed by atoms with Gasteiger partial charge in [-0.1, -0.05) is 21.0 Å². The molecule has 0 saturated heterocycles. The largest absolute Gasteiger partial charge is 0.493 e. The van der Waals surface area contributed by atoms with Crippen LogP contribution >= 0.6 is 15.9 Å². The van der Waals surface area contributed by atoms with Crippen LogP contribution in [0.5, 0.6) is 11.5 Å². The van der Waals surface area contributed by atoms with Gasteiger partial charge in [-0.2, -0.15) is 0 Å². The van der Waals surface area contributed by atoms with Crippen molar-refractivity contribution in [3.63, 3.8) is 0 Å². The number of halogens is 1. The molecule has 1 aromatic carbocycles. The Bertz CT molecular complexity index is 588. The molecule has 8 nitrogen and oxygen atoms in total. The molecular formula is C11H15BrN6O2. The number of nitrogens with two attached hydrogens (primary N) is 1. The molecule has 2 rings (SSSR count). The fourth-order valence-corrected chi connectivity index (χ4v) is 2.07. The number of methoxy groups -OCH3 is 1. The Labute approximate surface area is 124 Å². The van der Waals surface area contributed by atoms with Crippen molar-refractivity contribution in [2.24, 2.45) is 0 Å². The summed E-state index contributed by atoms with van der Waals surface area (Å²) >= 11 is 3.50. The lowest BCUT2D eigenvalue weighted by atomic mass is 10.2. The van der Waals surface area contributed by atoms with Crippen LogP contribution in [0, 0.1) is 0 Å². The lowest BCUT2D eigenvalue weighted by Crippen LogP contribution is -2.18. The van der Waals surface area contributed by atoms with E-state index in [0.29, 0.717) is 24.7 Å². The zero-order valence-electron chi connectivity index (χ0n) is 11.1. The van der Waals surface area contributed by atoms with Gasteiger partial charge >= 0.3 is 0 Å². The van der Waals surface area contributed by atoms with E-state index >= 15 is 0 Å². The van der Waals surface area contributed by atoms with Crippen LogP contribution in [0.25, 0.3) is 0 Å². The molecule has 3 N–H and O–H groups in total.